The van der Waals surface area contributed by atoms with Crippen LogP contribution >= 0.6 is 23.8 Å². The SMILES string of the molecule is C=C(Cl)CN(C(N)=S)c1cccc(OC(F)(F)F)c1. The molecule has 3 nitrogen and oxygen atoms in total. The van der Waals surface area contributed by atoms with Crippen molar-refractivity contribution in [3.8, 4) is 5.75 Å². The molecule has 0 heterocycles. The zero-order chi connectivity index (χ0) is 14.6. The fraction of sp³-hybridized carbons (Fsp3) is 0.182. The Hall–Kier alpha value is -1.47. The monoisotopic (exact) mass is 310 g/mol. The van der Waals surface area contributed by atoms with Gasteiger partial charge in [-0.1, -0.05) is 24.2 Å². The van der Waals surface area contributed by atoms with Gasteiger partial charge in [0.25, 0.3) is 0 Å². The normalized spacial score (nSPS) is 10.9. The first-order chi connectivity index (χ1) is 8.69. The summed E-state index contributed by atoms with van der Waals surface area (Å²) in [7, 11) is 0. The molecule has 2 N–H and O–H groups in total. The molecule has 0 amide bonds. The summed E-state index contributed by atoms with van der Waals surface area (Å²) in [5.41, 5.74) is 5.82. The molecule has 1 aromatic rings. The van der Waals surface area contributed by atoms with Gasteiger partial charge in [-0.2, -0.15) is 0 Å². The maximum Gasteiger partial charge on any atom is 0.573 e. The second-order valence-electron chi connectivity index (χ2n) is 3.49. The summed E-state index contributed by atoms with van der Waals surface area (Å²) in [6.07, 6.45) is -4.76. The van der Waals surface area contributed by atoms with E-state index in [4.69, 9.17) is 29.6 Å². The first-order valence-electron chi connectivity index (χ1n) is 4.95. The average Bonchev–Trinajstić information content (AvgIpc) is 2.23. The van der Waals surface area contributed by atoms with Crippen LogP contribution in [0.2, 0.25) is 0 Å². The molecule has 0 aliphatic rings. The van der Waals surface area contributed by atoms with Crippen LogP contribution in [0.15, 0.2) is 35.9 Å². The van der Waals surface area contributed by atoms with Crippen molar-refractivity contribution in [3.05, 3.63) is 35.9 Å². The Morgan fingerprint density at radius 1 is 1.47 bits per heavy atom. The molecule has 0 unspecified atom stereocenters. The topological polar surface area (TPSA) is 38.5 Å². The Labute approximate surface area is 118 Å². The highest BCUT2D eigenvalue weighted by molar-refractivity contribution is 7.80. The number of benzene rings is 1. The van der Waals surface area contributed by atoms with Gasteiger partial charge in [-0.25, -0.2) is 0 Å². The third-order valence-corrected chi connectivity index (χ3v) is 2.30. The summed E-state index contributed by atoms with van der Waals surface area (Å²) in [5.74, 6) is -0.369. The molecule has 0 spiro atoms. The minimum Gasteiger partial charge on any atom is -0.406 e. The van der Waals surface area contributed by atoms with Crippen molar-refractivity contribution in [1.82, 2.24) is 0 Å². The Bertz CT molecular complexity index is 493. The van der Waals surface area contributed by atoms with E-state index in [9.17, 15) is 13.2 Å². The predicted octanol–water partition coefficient (Wildman–Crippen LogP) is 3.39. The molecule has 8 heteroatoms. The van der Waals surface area contributed by atoms with Crippen molar-refractivity contribution in [1.29, 1.82) is 0 Å². The van der Waals surface area contributed by atoms with E-state index in [0.717, 1.165) is 6.07 Å². The van der Waals surface area contributed by atoms with Gasteiger partial charge >= 0.3 is 6.36 Å². The maximum atomic E-state index is 12.1. The van der Waals surface area contributed by atoms with Crippen LogP contribution in [-0.2, 0) is 0 Å². The molecule has 104 valence electrons. The van der Waals surface area contributed by atoms with E-state index in [-0.39, 0.29) is 22.4 Å². The first-order valence-corrected chi connectivity index (χ1v) is 5.74. The molecule has 1 aromatic carbocycles. The Kier molecular flexibility index (Phi) is 5.02. The Balaban J connectivity index is 3.01. The van der Waals surface area contributed by atoms with E-state index in [1.165, 1.54) is 23.1 Å². The van der Waals surface area contributed by atoms with Gasteiger partial charge in [0.1, 0.15) is 5.75 Å². The van der Waals surface area contributed by atoms with E-state index in [2.05, 4.69) is 11.3 Å². The highest BCUT2D eigenvalue weighted by Gasteiger charge is 2.31. The van der Waals surface area contributed by atoms with Crippen LogP contribution < -0.4 is 15.4 Å². The lowest BCUT2D eigenvalue weighted by Gasteiger charge is -2.23. The second kappa shape index (κ2) is 6.12. The van der Waals surface area contributed by atoms with Crippen LogP contribution in [0.3, 0.4) is 0 Å². The van der Waals surface area contributed by atoms with E-state index in [1.807, 2.05) is 0 Å². The number of rotatable bonds is 4. The largest absolute Gasteiger partial charge is 0.573 e. The van der Waals surface area contributed by atoms with Gasteiger partial charge in [-0.15, -0.1) is 13.2 Å². The summed E-state index contributed by atoms with van der Waals surface area (Å²) < 4.78 is 40.2. The summed E-state index contributed by atoms with van der Waals surface area (Å²) in [6, 6.07) is 5.25. The maximum absolute atomic E-state index is 12.1. The number of ether oxygens (including phenoxy) is 1. The minimum atomic E-state index is -4.76. The molecule has 0 atom stereocenters. The van der Waals surface area contributed by atoms with Crippen LogP contribution in [0.25, 0.3) is 0 Å². The quantitative estimate of drug-likeness (QED) is 0.865. The molecule has 0 bridgehead atoms. The summed E-state index contributed by atoms with van der Waals surface area (Å²) in [5, 5.41) is 0.209. The Morgan fingerprint density at radius 2 is 2.11 bits per heavy atom. The molecular formula is C11H10ClF3N2OS. The molecule has 19 heavy (non-hydrogen) atoms. The molecule has 1 rings (SSSR count). The number of thiocarbonyl (C=S) groups is 1. The minimum absolute atomic E-state index is 0.0361. The van der Waals surface area contributed by atoms with Gasteiger partial charge in [-0.3, -0.25) is 0 Å². The first kappa shape index (κ1) is 15.6. The van der Waals surface area contributed by atoms with Crippen LogP contribution in [0.5, 0.6) is 5.75 Å². The smallest absolute Gasteiger partial charge is 0.406 e. The van der Waals surface area contributed by atoms with Crippen molar-refractivity contribution < 1.29 is 17.9 Å². The van der Waals surface area contributed by atoms with Gasteiger partial charge in [0.05, 0.1) is 6.54 Å². The van der Waals surface area contributed by atoms with E-state index in [0.29, 0.717) is 5.69 Å². The van der Waals surface area contributed by atoms with E-state index in [1.54, 1.807) is 0 Å². The molecule has 0 aliphatic heterocycles. The number of hydrogen-bond donors (Lipinski definition) is 1. The Morgan fingerprint density at radius 3 is 2.58 bits per heavy atom. The van der Waals surface area contributed by atoms with Crippen molar-refractivity contribution in [2.45, 2.75) is 6.36 Å². The molecule has 0 radical (unpaired) electrons. The third kappa shape index (κ3) is 5.35. The number of nitrogens with two attached hydrogens (primary N) is 1. The number of hydrogen-bond acceptors (Lipinski definition) is 2. The lowest BCUT2D eigenvalue weighted by atomic mass is 10.2. The standard InChI is InChI=1S/C11H10ClF3N2OS/c1-7(12)6-17(10(16)19)8-3-2-4-9(5-8)18-11(13,14)15/h2-5H,1,6H2,(H2,16,19). The molecule has 0 saturated heterocycles. The predicted molar refractivity (Wildman–Crippen MR) is 72.2 cm³/mol. The number of nitrogens with zero attached hydrogens (tertiary/aromatic N) is 1. The zero-order valence-electron chi connectivity index (χ0n) is 9.58. The zero-order valence-corrected chi connectivity index (χ0v) is 11.1. The van der Waals surface area contributed by atoms with Crippen LogP contribution in [0.1, 0.15) is 0 Å². The van der Waals surface area contributed by atoms with Crippen LogP contribution in [-0.4, -0.2) is 18.0 Å². The molecule has 0 aromatic heterocycles. The van der Waals surface area contributed by atoms with E-state index >= 15 is 0 Å². The van der Waals surface area contributed by atoms with Gasteiger partial charge < -0.3 is 15.4 Å². The van der Waals surface area contributed by atoms with Gasteiger partial charge in [0, 0.05) is 16.8 Å². The van der Waals surface area contributed by atoms with E-state index < -0.39 is 6.36 Å². The average molecular weight is 311 g/mol. The molecule has 0 aliphatic carbocycles. The number of anilines is 1. The summed E-state index contributed by atoms with van der Waals surface area (Å²) >= 11 is 10.5. The molecular weight excluding hydrogens is 301 g/mol. The third-order valence-electron chi connectivity index (χ3n) is 1.96. The lowest BCUT2D eigenvalue weighted by Crippen LogP contribution is -2.36. The van der Waals surface area contributed by atoms with Gasteiger partial charge in [0.2, 0.25) is 0 Å². The van der Waals surface area contributed by atoms with Crippen molar-refractivity contribution in [2.24, 2.45) is 5.73 Å². The highest BCUT2D eigenvalue weighted by atomic mass is 35.5. The van der Waals surface area contributed by atoms with Crippen LogP contribution in [0.4, 0.5) is 18.9 Å². The van der Waals surface area contributed by atoms with Crippen molar-refractivity contribution >= 4 is 34.6 Å². The summed E-state index contributed by atoms with van der Waals surface area (Å²) in [4.78, 5) is 1.34. The van der Waals surface area contributed by atoms with Crippen molar-refractivity contribution in [2.75, 3.05) is 11.4 Å². The van der Waals surface area contributed by atoms with Gasteiger partial charge in [-0.05, 0) is 24.4 Å². The molecule has 0 saturated carbocycles. The second-order valence-corrected chi connectivity index (χ2v) is 4.44. The summed E-state index contributed by atoms with van der Waals surface area (Å²) in [6.45, 7) is 3.57. The highest BCUT2D eigenvalue weighted by Crippen LogP contribution is 2.27. The van der Waals surface area contributed by atoms with Crippen molar-refractivity contribution in [3.63, 3.8) is 0 Å². The lowest BCUT2D eigenvalue weighted by molar-refractivity contribution is -0.274. The number of halogens is 4. The molecule has 0 fully saturated rings. The fourth-order valence-corrected chi connectivity index (χ4v) is 1.61. The fourth-order valence-electron chi connectivity index (χ4n) is 1.32. The van der Waals surface area contributed by atoms with Gasteiger partial charge in [0.15, 0.2) is 5.11 Å². The van der Waals surface area contributed by atoms with Crippen LogP contribution in [0, 0.1) is 0 Å². The number of alkyl halides is 3.